The number of carbonyl (C=O) groups excluding carboxylic acids is 1. The number of thiophene rings is 1. The molecular formula is C13H19NO4S2. The lowest BCUT2D eigenvalue weighted by Gasteiger charge is -2.17. The van der Waals surface area contributed by atoms with E-state index in [1.165, 1.54) is 11.4 Å². The van der Waals surface area contributed by atoms with Crippen LogP contribution in [0.15, 0.2) is 10.3 Å². The third-order valence-electron chi connectivity index (χ3n) is 3.71. The third-order valence-corrected chi connectivity index (χ3v) is 6.97. The van der Waals surface area contributed by atoms with Gasteiger partial charge in [0.15, 0.2) is 0 Å². The van der Waals surface area contributed by atoms with E-state index in [1.807, 2.05) is 0 Å². The molecule has 0 aliphatic carbocycles. The summed E-state index contributed by atoms with van der Waals surface area (Å²) in [4.78, 5) is 12.0. The van der Waals surface area contributed by atoms with Gasteiger partial charge in [0.25, 0.3) is 0 Å². The van der Waals surface area contributed by atoms with Gasteiger partial charge in [-0.05, 0) is 30.2 Å². The van der Waals surface area contributed by atoms with Crippen LogP contribution in [-0.4, -0.2) is 38.9 Å². The van der Waals surface area contributed by atoms with Crippen LogP contribution in [0.2, 0.25) is 0 Å². The number of aryl methyl sites for hydroxylation is 1. The fraction of sp³-hybridized carbons (Fsp3) is 0.615. The topological polar surface area (TPSA) is 63.7 Å². The summed E-state index contributed by atoms with van der Waals surface area (Å²) in [5.74, 6) is -0.182. The van der Waals surface area contributed by atoms with Crippen molar-refractivity contribution in [2.75, 3.05) is 20.2 Å². The number of hydrogen-bond acceptors (Lipinski definition) is 5. The zero-order chi connectivity index (χ0) is 14.9. The van der Waals surface area contributed by atoms with Gasteiger partial charge in [-0.1, -0.05) is 13.3 Å². The first-order chi connectivity index (χ1) is 9.41. The molecule has 1 aromatic heterocycles. The summed E-state index contributed by atoms with van der Waals surface area (Å²) in [5.41, 5.74) is 0.607. The monoisotopic (exact) mass is 317 g/mol. The number of ether oxygens (including phenoxy) is 1. The van der Waals surface area contributed by atoms with E-state index in [1.54, 1.807) is 12.3 Å². The van der Waals surface area contributed by atoms with E-state index in [2.05, 4.69) is 11.7 Å². The highest BCUT2D eigenvalue weighted by atomic mass is 32.2. The molecule has 1 fully saturated rings. The van der Waals surface area contributed by atoms with Crippen molar-refractivity contribution in [2.45, 2.75) is 31.6 Å². The Hall–Kier alpha value is -0.920. The number of hydrogen-bond donors (Lipinski definition) is 0. The summed E-state index contributed by atoms with van der Waals surface area (Å²) in [6.45, 7) is 4.84. The standard InChI is InChI=1S/C13H19NO4S2/c1-4-10-5-6-14(7-10)20(16,17)12-9(2)8-19-11(12)13(15)18-3/h8,10H,4-7H2,1-3H3. The molecule has 0 amide bonds. The molecule has 7 heteroatoms. The van der Waals surface area contributed by atoms with Gasteiger partial charge >= 0.3 is 5.97 Å². The van der Waals surface area contributed by atoms with Crippen molar-refractivity contribution in [3.8, 4) is 0 Å². The fourth-order valence-corrected chi connectivity index (χ4v) is 5.65. The predicted molar refractivity (Wildman–Crippen MR) is 77.6 cm³/mol. The molecule has 0 aromatic carbocycles. The number of nitrogens with zero attached hydrogens (tertiary/aromatic N) is 1. The van der Waals surface area contributed by atoms with E-state index in [0.29, 0.717) is 24.6 Å². The van der Waals surface area contributed by atoms with Crippen LogP contribution >= 0.6 is 11.3 Å². The summed E-state index contributed by atoms with van der Waals surface area (Å²) in [6, 6.07) is 0. The van der Waals surface area contributed by atoms with Crippen molar-refractivity contribution in [2.24, 2.45) is 5.92 Å². The Kier molecular flexibility index (Phi) is 4.51. The first-order valence-electron chi connectivity index (χ1n) is 6.58. The lowest BCUT2D eigenvalue weighted by molar-refractivity contribution is 0.0602. The van der Waals surface area contributed by atoms with E-state index >= 15 is 0 Å². The minimum Gasteiger partial charge on any atom is -0.465 e. The van der Waals surface area contributed by atoms with Crippen LogP contribution in [0.3, 0.4) is 0 Å². The summed E-state index contributed by atoms with van der Waals surface area (Å²) < 4.78 is 31.7. The van der Waals surface area contributed by atoms with Crippen LogP contribution in [-0.2, 0) is 14.8 Å². The van der Waals surface area contributed by atoms with Crippen molar-refractivity contribution in [3.63, 3.8) is 0 Å². The average molecular weight is 317 g/mol. The quantitative estimate of drug-likeness (QED) is 0.799. The van der Waals surface area contributed by atoms with E-state index in [0.717, 1.165) is 24.2 Å². The predicted octanol–water partition coefficient (Wildman–Crippen LogP) is 2.26. The summed E-state index contributed by atoms with van der Waals surface area (Å²) in [5, 5.41) is 1.69. The first kappa shape index (κ1) is 15.5. The molecule has 0 saturated carbocycles. The minimum atomic E-state index is -3.61. The highest BCUT2D eigenvalue weighted by Gasteiger charge is 2.36. The molecule has 0 N–H and O–H groups in total. The summed E-state index contributed by atoms with van der Waals surface area (Å²) >= 11 is 1.12. The van der Waals surface area contributed by atoms with Crippen LogP contribution in [0, 0.1) is 12.8 Å². The molecule has 5 nitrogen and oxygen atoms in total. The van der Waals surface area contributed by atoms with Gasteiger partial charge in [-0.2, -0.15) is 4.31 Å². The molecule has 1 aliphatic rings. The van der Waals surface area contributed by atoms with Gasteiger partial charge < -0.3 is 4.74 Å². The maximum Gasteiger partial charge on any atom is 0.349 e. The summed E-state index contributed by atoms with van der Waals surface area (Å²) in [7, 11) is -2.35. The molecule has 2 heterocycles. The SMILES string of the molecule is CCC1CCN(S(=O)(=O)c2c(C)csc2C(=O)OC)C1. The molecule has 0 spiro atoms. The van der Waals surface area contributed by atoms with Gasteiger partial charge in [-0.25, -0.2) is 13.2 Å². The van der Waals surface area contributed by atoms with Gasteiger partial charge in [-0.3, -0.25) is 0 Å². The molecule has 1 atom stereocenters. The third kappa shape index (κ3) is 2.62. The van der Waals surface area contributed by atoms with E-state index in [9.17, 15) is 13.2 Å². The van der Waals surface area contributed by atoms with Crippen LogP contribution in [0.25, 0.3) is 0 Å². The molecule has 1 unspecified atom stereocenters. The Morgan fingerprint density at radius 1 is 1.55 bits per heavy atom. The molecule has 2 rings (SSSR count). The Morgan fingerprint density at radius 2 is 2.25 bits per heavy atom. The van der Waals surface area contributed by atoms with E-state index in [-0.39, 0.29) is 9.77 Å². The largest absolute Gasteiger partial charge is 0.465 e. The Balaban J connectivity index is 2.40. The molecule has 1 aromatic rings. The van der Waals surface area contributed by atoms with E-state index < -0.39 is 16.0 Å². The molecule has 0 radical (unpaired) electrons. The Labute approximate surface area is 123 Å². The van der Waals surface area contributed by atoms with Gasteiger partial charge in [0.2, 0.25) is 10.0 Å². The average Bonchev–Trinajstić information content (AvgIpc) is 3.04. The van der Waals surface area contributed by atoms with Crippen molar-refractivity contribution < 1.29 is 17.9 Å². The maximum atomic E-state index is 12.7. The van der Waals surface area contributed by atoms with Gasteiger partial charge in [-0.15, -0.1) is 11.3 Å². The highest BCUT2D eigenvalue weighted by Crippen LogP contribution is 2.33. The second-order valence-corrected chi connectivity index (χ2v) is 7.75. The zero-order valence-corrected chi connectivity index (χ0v) is 13.5. The van der Waals surface area contributed by atoms with E-state index in [4.69, 9.17) is 0 Å². The first-order valence-corrected chi connectivity index (χ1v) is 8.90. The number of rotatable bonds is 4. The van der Waals surface area contributed by atoms with Crippen LogP contribution in [0.4, 0.5) is 0 Å². The van der Waals surface area contributed by atoms with Crippen molar-refractivity contribution in [1.29, 1.82) is 0 Å². The molecule has 1 aliphatic heterocycles. The summed E-state index contributed by atoms with van der Waals surface area (Å²) in [6.07, 6.45) is 1.85. The smallest absolute Gasteiger partial charge is 0.349 e. The number of carbonyl (C=O) groups is 1. The second-order valence-electron chi connectivity index (χ2n) is 4.99. The van der Waals surface area contributed by atoms with Crippen molar-refractivity contribution in [3.05, 3.63) is 15.8 Å². The molecule has 20 heavy (non-hydrogen) atoms. The lowest BCUT2D eigenvalue weighted by atomic mass is 10.1. The Morgan fingerprint density at radius 3 is 2.80 bits per heavy atom. The van der Waals surface area contributed by atoms with Crippen molar-refractivity contribution >= 4 is 27.3 Å². The Bertz CT molecular complexity index is 606. The normalized spacial score (nSPS) is 20.2. The maximum absolute atomic E-state index is 12.7. The fourth-order valence-electron chi connectivity index (χ4n) is 2.47. The number of methoxy groups -OCH3 is 1. The van der Waals surface area contributed by atoms with Gasteiger partial charge in [0, 0.05) is 13.1 Å². The zero-order valence-electron chi connectivity index (χ0n) is 11.9. The van der Waals surface area contributed by atoms with Crippen molar-refractivity contribution in [1.82, 2.24) is 4.31 Å². The second kappa shape index (κ2) is 5.83. The molecular weight excluding hydrogens is 298 g/mol. The molecule has 0 bridgehead atoms. The number of sulfonamides is 1. The van der Waals surface area contributed by atoms with Crippen LogP contribution in [0.1, 0.15) is 35.0 Å². The number of esters is 1. The molecule has 1 saturated heterocycles. The highest BCUT2D eigenvalue weighted by molar-refractivity contribution is 7.89. The molecule has 112 valence electrons. The minimum absolute atomic E-state index is 0.117. The van der Waals surface area contributed by atoms with Gasteiger partial charge in [0.1, 0.15) is 9.77 Å². The van der Waals surface area contributed by atoms with Gasteiger partial charge in [0.05, 0.1) is 7.11 Å². The van der Waals surface area contributed by atoms with Crippen LogP contribution < -0.4 is 0 Å². The lowest BCUT2D eigenvalue weighted by Crippen LogP contribution is -2.30. The van der Waals surface area contributed by atoms with Crippen LogP contribution in [0.5, 0.6) is 0 Å².